The Balaban J connectivity index is 2.02. The summed E-state index contributed by atoms with van der Waals surface area (Å²) >= 11 is 5.94. The topological polar surface area (TPSA) is 27.8 Å². The highest BCUT2D eigenvalue weighted by Crippen LogP contribution is 2.19. The zero-order valence-electron chi connectivity index (χ0n) is 9.52. The molecule has 16 heavy (non-hydrogen) atoms. The summed E-state index contributed by atoms with van der Waals surface area (Å²) in [6, 6.07) is 8.07. The van der Waals surface area contributed by atoms with E-state index >= 15 is 0 Å². The molecule has 86 valence electrons. The Kier molecular flexibility index (Phi) is 3.86. The van der Waals surface area contributed by atoms with Crippen molar-refractivity contribution in [2.75, 3.05) is 6.54 Å². The maximum atomic E-state index is 5.94. The van der Waals surface area contributed by atoms with Gasteiger partial charge < -0.3 is 10.3 Å². The van der Waals surface area contributed by atoms with E-state index in [0.717, 1.165) is 23.6 Å². The van der Waals surface area contributed by atoms with Crippen molar-refractivity contribution in [2.24, 2.45) is 0 Å². The Morgan fingerprint density at radius 1 is 1.31 bits per heavy atom. The standard InChI is InChI=1S/C13H17ClN2/c1-2-3-6-15-9-12-8-10-7-11(14)4-5-13(10)16-12/h4-5,7-8,15-16H,2-3,6,9H2,1H3. The SMILES string of the molecule is CCCCNCc1cc2cc(Cl)ccc2[nH]1. The van der Waals surface area contributed by atoms with Gasteiger partial charge in [-0.15, -0.1) is 0 Å². The summed E-state index contributed by atoms with van der Waals surface area (Å²) in [6.07, 6.45) is 2.46. The van der Waals surface area contributed by atoms with Gasteiger partial charge in [0.2, 0.25) is 0 Å². The van der Waals surface area contributed by atoms with Crippen LogP contribution in [0.4, 0.5) is 0 Å². The van der Waals surface area contributed by atoms with Crippen LogP contribution in [0, 0.1) is 0 Å². The van der Waals surface area contributed by atoms with Crippen molar-refractivity contribution in [2.45, 2.75) is 26.3 Å². The van der Waals surface area contributed by atoms with E-state index in [0.29, 0.717) is 0 Å². The third kappa shape index (κ3) is 2.77. The number of fused-ring (bicyclic) bond motifs is 1. The van der Waals surface area contributed by atoms with E-state index in [9.17, 15) is 0 Å². The Hall–Kier alpha value is -0.990. The van der Waals surface area contributed by atoms with Gasteiger partial charge in [-0.3, -0.25) is 0 Å². The van der Waals surface area contributed by atoms with Crippen molar-refractivity contribution in [3.8, 4) is 0 Å². The predicted octanol–water partition coefficient (Wildman–Crippen LogP) is 3.71. The molecule has 2 nitrogen and oxygen atoms in total. The van der Waals surface area contributed by atoms with Gasteiger partial charge in [-0.25, -0.2) is 0 Å². The third-order valence-electron chi connectivity index (χ3n) is 2.66. The summed E-state index contributed by atoms with van der Waals surface area (Å²) < 4.78 is 0. The first-order chi connectivity index (χ1) is 7.79. The smallest absolute Gasteiger partial charge is 0.0457 e. The van der Waals surface area contributed by atoms with Crippen LogP contribution in [0.1, 0.15) is 25.5 Å². The van der Waals surface area contributed by atoms with Crippen LogP contribution in [-0.2, 0) is 6.54 Å². The summed E-state index contributed by atoms with van der Waals surface area (Å²) in [7, 11) is 0. The van der Waals surface area contributed by atoms with Crippen LogP contribution in [0.2, 0.25) is 5.02 Å². The van der Waals surface area contributed by atoms with E-state index < -0.39 is 0 Å². The Morgan fingerprint density at radius 2 is 2.19 bits per heavy atom. The van der Waals surface area contributed by atoms with Gasteiger partial charge in [0, 0.05) is 28.2 Å². The van der Waals surface area contributed by atoms with E-state index in [2.05, 4.69) is 23.3 Å². The van der Waals surface area contributed by atoms with Crippen molar-refractivity contribution in [1.82, 2.24) is 10.3 Å². The summed E-state index contributed by atoms with van der Waals surface area (Å²) in [4.78, 5) is 3.38. The fraction of sp³-hybridized carbons (Fsp3) is 0.385. The quantitative estimate of drug-likeness (QED) is 0.761. The molecule has 0 saturated carbocycles. The molecule has 0 saturated heterocycles. The number of unbranched alkanes of at least 4 members (excludes halogenated alkanes) is 1. The van der Waals surface area contributed by atoms with Crippen LogP contribution in [0.15, 0.2) is 24.3 Å². The number of benzene rings is 1. The normalized spacial score (nSPS) is 11.1. The molecular weight excluding hydrogens is 220 g/mol. The van der Waals surface area contributed by atoms with Gasteiger partial charge in [0.15, 0.2) is 0 Å². The van der Waals surface area contributed by atoms with Crippen molar-refractivity contribution in [3.05, 3.63) is 35.0 Å². The van der Waals surface area contributed by atoms with Gasteiger partial charge in [0.1, 0.15) is 0 Å². The largest absolute Gasteiger partial charge is 0.357 e. The number of halogens is 1. The lowest BCUT2D eigenvalue weighted by Gasteiger charge is -2.00. The van der Waals surface area contributed by atoms with Gasteiger partial charge >= 0.3 is 0 Å². The molecule has 0 radical (unpaired) electrons. The number of aromatic nitrogens is 1. The molecule has 1 aromatic heterocycles. The highest BCUT2D eigenvalue weighted by atomic mass is 35.5. The summed E-state index contributed by atoms with van der Waals surface area (Å²) in [5.74, 6) is 0. The Morgan fingerprint density at radius 3 is 3.00 bits per heavy atom. The molecule has 1 heterocycles. The highest BCUT2D eigenvalue weighted by Gasteiger charge is 2.00. The predicted molar refractivity (Wildman–Crippen MR) is 69.9 cm³/mol. The molecule has 0 spiro atoms. The fourth-order valence-electron chi connectivity index (χ4n) is 1.78. The van der Waals surface area contributed by atoms with Crippen LogP contribution < -0.4 is 5.32 Å². The van der Waals surface area contributed by atoms with Gasteiger partial charge in [-0.05, 0) is 37.2 Å². The molecule has 0 amide bonds. The molecule has 0 fully saturated rings. The van der Waals surface area contributed by atoms with Gasteiger partial charge in [0.25, 0.3) is 0 Å². The lowest BCUT2D eigenvalue weighted by molar-refractivity contribution is 0.635. The first kappa shape index (κ1) is 11.5. The molecular formula is C13H17ClN2. The second-order valence-electron chi connectivity index (χ2n) is 4.06. The minimum atomic E-state index is 0.789. The Bertz CT molecular complexity index is 462. The van der Waals surface area contributed by atoms with Crippen molar-refractivity contribution < 1.29 is 0 Å². The number of rotatable bonds is 5. The Labute approximate surface area is 101 Å². The molecule has 2 aromatic rings. The maximum absolute atomic E-state index is 5.94. The van der Waals surface area contributed by atoms with E-state index in [1.807, 2.05) is 18.2 Å². The number of H-pyrrole nitrogens is 1. The van der Waals surface area contributed by atoms with Crippen LogP contribution >= 0.6 is 11.6 Å². The molecule has 0 aliphatic carbocycles. The first-order valence-electron chi connectivity index (χ1n) is 5.77. The number of hydrogen-bond acceptors (Lipinski definition) is 1. The first-order valence-corrected chi connectivity index (χ1v) is 6.15. The molecule has 0 bridgehead atoms. The van der Waals surface area contributed by atoms with Crippen LogP contribution in [0.25, 0.3) is 10.9 Å². The molecule has 0 unspecified atom stereocenters. The molecule has 3 heteroatoms. The van der Waals surface area contributed by atoms with Crippen molar-refractivity contribution >= 4 is 22.5 Å². The second kappa shape index (κ2) is 5.37. The molecule has 0 aliphatic rings. The fourth-order valence-corrected chi connectivity index (χ4v) is 1.96. The zero-order chi connectivity index (χ0) is 11.4. The lowest BCUT2D eigenvalue weighted by Crippen LogP contribution is -2.14. The molecule has 0 atom stereocenters. The molecule has 0 aliphatic heterocycles. The number of nitrogens with one attached hydrogen (secondary N) is 2. The van der Waals surface area contributed by atoms with Gasteiger partial charge in [0.05, 0.1) is 0 Å². The highest BCUT2D eigenvalue weighted by molar-refractivity contribution is 6.31. The average molecular weight is 237 g/mol. The average Bonchev–Trinajstić information content (AvgIpc) is 2.66. The van der Waals surface area contributed by atoms with Gasteiger partial charge in [-0.1, -0.05) is 24.9 Å². The van der Waals surface area contributed by atoms with Crippen LogP contribution in [-0.4, -0.2) is 11.5 Å². The van der Waals surface area contributed by atoms with E-state index in [1.165, 1.54) is 23.9 Å². The van der Waals surface area contributed by atoms with Crippen LogP contribution in [0.5, 0.6) is 0 Å². The lowest BCUT2D eigenvalue weighted by atomic mass is 10.2. The van der Waals surface area contributed by atoms with E-state index in [4.69, 9.17) is 11.6 Å². The molecule has 1 aromatic carbocycles. The summed E-state index contributed by atoms with van der Waals surface area (Å²) in [5, 5.41) is 5.38. The van der Waals surface area contributed by atoms with Crippen molar-refractivity contribution in [1.29, 1.82) is 0 Å². The third-order valence-corrected chi connectivity index (χ3v) is 2.90. The maximum Gasteiger partial charge on any atom is 0.0457 e. The second-order valence-corrected chi connectivity index (χ2v) is 4.49. The van der Waals surface area contributed by atoms with Crippen molar-refractivity contribution in [3.63, 3.8) is 0 Å². The number of aromatic amines is 1. The van der Waals surface area contributed by atoms with E-state index in [-0.39, 0.29) is 0 Å². The van der Waals surface area contributed by atoms with E-state index in [1.54, 1.807) is 0 Å². The van der Waals surface area contributed by atoms with Gasteiger partial charge in [-0.2, -0.15) is 0 Å². The summed E-state index contributed by atoms with van der Waals surface area (Å²) in [6.45, 7) is 4.17. The minimum absolute atomic E-state index is 0.789. The summed E-state index contributed by atoms with van der Waals surface area (Å²) in [5.41, 5.74) is 2.37. The van der Waals surface area contributed by atoms with Crippen LogP contribution in [0.3, 0.4) is 0 Å². The molecule has 2 N–H and O–H groups in total. The monoisotopic (exact) mass is 236 g/mol. The zero-order valence-corrected chi connectivity index (χ0v) is 10.3. The number of hydrogen-bond donors (Lipinski definition) is 2. The molecule has 2 rings (SSSR count). The minimum Gasteiger partial charge on any atom is -0.357 e.